The van der Waals surface area contributed by atoms with Gasteiger partial charge in [0, 0.05) is 28.6 Å². The number of nitrogens with zero attached hydrogens (tertiary/aromatic N) is 1. The second kappa shape index (κ2) is 5.70. The molecular formula is C22H14N2O2. The molecule has 5 rings (SSSR count). The van der Waals surface area contributed by atoms with E-state index in [9.17, 15) is 4.79 Å². The van der Waals surface area contributed by atoms with Gasteiger partial charge in [-0.15, -0.1) is 0 Å². The van der Waals surface area contributed by atoms with Gasteiger partial charge in [0.05, 0.1) is 5.69 Å². The van der Waals surface area contributed by atoms with E-state index in [1.165, 1.54) is 12.1 Å². The fourth-order valence-electron chi connectivity index (χ4n) is 3.22. The van der Waals surface area contributed by atoms with E-state index in [1.54, 1.807) is 6.07 Å². The van der Waals surface area contributed by atoms with Gasteiger partial charge in [-0.25, -0.2) is 4.98 Å². The van der Waals surface area contributed by atoms with Crippen LogP contribution < -0.4 is 10.7 Å². The van der Waals surface area contributed by atoms with Crippen LogP contribution in [-0.2, 0) is 0 Å². The van der Waals surface area contributed by atoms with Crippen molar-refractivity contribution in [2.45, 2.75) is 0 Å². The fourth-order valence-corrected chi connectivity index (χ4v) is 3.22. The number of hydrogen-bond donors (Lipinski definition) is 1. The lowest BCUT2D eigenvalue weighted by Gasteiger charge is -2.13. The first kappa shape index (κ1) is 14.7. The van der Waals surface area contributed by atoms with Gasteiger partial charge < -0.3 is 9.73 Å². The molecule has 0 atom stereocenters. The van der Waals surface area contributed by atoms with Crippen LogP contribution in [0.5, 0.6) is 0 Å². The minimum absolute atomic E-state index is 0.0918. The Hall–Kier alpha value is -3.66. The van der Waals surface area contributed by atoms with Crippen LogP contribution in [0.3, 0.4) is 0 Å². The summed E-state index contributed by atoms with van der Waals surface area (Å²) in [5, 5.41) is 5.51. The lowest BCUT2D eigenvalue weighted by Crippen LogP contribution is -2.00. The molecule has 0 bridgehead atoms. The summed E-state index contributed by atoms with van der Waals surface area (Å²) in [5.74, 6) is 0.492. The average molecular weight is 338 g/mol. The molecule has 2 aliphatic rings. The van der Waals surface area contributed by atoms with Gasteiger partial charge in [-0.05, 0) is 24.3 Å². The molecule has 0 fully saturated rings. The van der Waals surface area contributed by atoms with Crippen molar-refractivity contribution in [2.75, 3.05) is 5.32 Å². The van der Waals surface area contributed by atoms with E-state index in [1.807, 2.05) is 54.6 Å². The number of benzene rings is 4. The van der Waals surface area contributed by atoms with Crippen LogP contribution in [0.15, 0.2) is 88.1 Å². The maximum atomic E-state index is 11.6. The van der Waals surface area contributed by atoms with Crippen molar-refractivity contribution in [2.24, 2.45) is 0 Å². The predicted molar refractivity (Wildman–Crippen MR) is 104 cm³/mol. The van der Waals surface area contributed by atoms with Crippen LogP contribution in [0.2, 0.25) is 0 Å². The first-order chi connectivity index (χ1) is 12.8. The topological polar surface area (TPSA) is 55.1 Å². The van der Waals surface area contributed by atoms with Crippen LogP contribution >= 0.6 is 0 Å². The monoisotopic (exact) mass is 338 g/mol. The van der Waals surface area contributed by atoms with Gasteiger partial charge >= 0.3 is 0 Å². The summed E-state index contributed by atoms with van der Waals surface area (Å²) in [6.45, 7) is 0. The molecule has 0 amide bonds. The Labute approximate surface area is 149 Å². The summed E-state index contributed by atoms with van der Waals surface area (Å²) in [6.07, 6.45) is 0. The molecule has 1 N–H and O–H groups in total. The van der Waals surface area contributed by atoms with E-state index in [0.717, 1.165) is 27.7 Å². The highest BCUT2D eigenvalue weighted by molar-refractivity contribution is 6.10. The average Bonchev–Trinajstić information content (AvgIpc) is 2.68. The number of anilines is 2. The normalized spacial score (nSPS) is 11.2. The minimum atomic E-state index is -0.0918. The molecule has 26 heavy (non-hydrogen) atoms. The second-order valence-electron chi connectivity index (χ2n) is 6.15. The van der Waals surface area contributed by atoms with Crippen LogP contribution in [0, 0.1) is 0 Å². The SMILES string of the molecule is O=c1ccc2nc3c(cc(Nc4ccccc4)c4ccccc43)oc-2c1. The van der Waals surface area contributed by atoms with E-state index in [0.29, 0.717) is 17.0 Å². The quantitative estimate of drug-likeness (QED) is 0.355. The number of nitrogens with one attached hydrogen (secondary N) is 1. The Morgan fingerprint density at radius 3 is 2.42 bits per heavy atom. The molecule has 0 saturated carbocycles. The number of fused-ring (bicyclic) bond motifs is 4. The summed E-state index contributed by atoms with van der Waals surface area (Å²) in [6, 6.07) is 24.7. The molecule has 1 aliphatic carbocycles. The predicted octanol–water partition coefficient (Wildman–Crippen LogP) is 5.19. The highest BCUT2D eigenvalue weighted by atomic mass is 16.3. The Morgan fingerprint density at radius 1 is 0.808 bits per heavy atom. The van der Waals surface area contributed by atoms with Crippen molar-refractivity contribution in [3.8, 4) is 11.5 Å². The van der Waals surface area contributed by atoms with Crippen LogP contribution in [-0.4, -0.2) is 4.98 Å². The second-order valence-corrected chi connectivity index (χ2v) is 6.15. The molecule has 0 radical (unpaired) electrons. The van der Waals surface area contributed by atoms with E-state index in [4.69, 9.17) is 9.40 Å². The summed E-state index contributed by atoms with van der Waals surface area (Å²) < 4.78 is 6.01. The van der Waals surface area contributed by atoms with Crippen molar-refractivity contribution in [1.29, 1.82) is 0 Å². The third-order valence-electron chi connectivity index (χ3n) is 4.42. The van der Waals surface area contributed by atoms with E-state index >= 15 is 0 Å². The van der Waals surface area contributed by atoms with E-state index in [2.05, 4.69) is 11.4 Å². The highest BCUT2D eigenvalue weighted by Crippen LogP contribution is 2.35. The summed E-state index contributed by atoms with van der Waals surface area (Å²) >= 11 is 0. The van der Waals surface area contributed by atoms with Crippen molar-refractivity contribution < 1.29 is 4.42 Å². The van der Waals surface area contributed by atoms with Crippen molar-refractivity contribution >= 4 is 33.2 Å². The molecule has 0 aromatic heterocycles. The molecule has 4 nitrogen and oxygen atoms in total. The zero-order chi connectivity index (χ0) is 17.5. The van der Waals surface area contributed by atoms with Crippen LogP contribution in [0.25, 0.3) is 33.3 Å². The van der Waals surface area contributed by atoms with Crippen molar-refractivity contribution in [3.05, 3.63) is 89.1 Å². The molecule has 4 heteroatoms. The van der Waals surface area contributed by atoms with Crippen LogP contribution in [0.4, 0.5) is 11.4 Å². The zero-order valence-corrected chi connectivity index (χ0v) is 13.8. The third kappa shape index (κ3) is 2.40. The molecule has 3 aromatic rings. The Balaban J connectivity index is 1.83. The minimum Gasteiger partial charge on any atom is -0.453 e. The Bertz CT molecular complexity index is 1280. The van der Waals surface area contributed by atoms with Gasteiger partial charge in [0.15, 0.2) is 16.8 Å². The summed E-state index contributed by atoms with van der Waals surface area (Å²) in [5.41, 5.74) is 3.93. The van der Waals surface area contributed by atoms with Gasteiger partial charge in [-0.3, -0.25) is 4.79 Å². The number of rotatable bonds is 2. The smallest absolute Gasteiger partial charge is 0.182 e. The molecule has 1 aliphatic heterocycles. The molecule has 124 valence electrons. The maximum Gasteiger partial charge on any atom is 0.182 e. The lowest BCUT2D eigenvalue weighted by atomic mass is 10.1. The molecule has 0 unspecified atom stereocenters. The van der Waals surface area contributed by atoms with E-state index < -0.39 is 0 Å². The number of para-hydroxylation sites is 1. The van der Waals surface area contributed by atoms with Crippen molar-refractivity contribution in [3.63, 3.8) is 0 Å². The van der Waals surface area contributed by atoms with Gasteiger partial charge in [0.25, 0.3) is 0 Å². The fraction of sp³-hybridized carbons (Fsp3) is 0. The molecule has 0 saturated heterocycles. The van der Waals surface area contributed by atoms with Gasteiger partial charge in [0.1, 0.15) is 11.2 Å². The molecule has 3 aromatic carbocycles. The Morgan fingerprint density at radius 2 is 1.58 bits per heavy atom. The lowest BCUT2D eigenvalue weighted by molar-refractivity contribution is 0.613. The third-order valence-corrected chi connectivity index (χ3v) is 4.42. The highest BCUT2D eigenvalue weighted by Gasteiger charge is 2.14. The number of hydrogen-bond acceptors (Lipinski definition) is 4. The van der Waals surface area contributed by atoms with Gasteiger partial charge in [0.2, 0.25) is 0 Å². The van der Waals surface area contributed by atoms with Crippen molar-refractivity contribution in [1.82, 2.24) is 4.98 Å². The number of aromatic nitrogens is 1. The molecular weight excluding hydrogens is 324 g/mol. The van der Waals surface area contributed by atoms with Gasteiger partial charge in [-0.2, -0.15) is 0 Å². The largest absolute Gasteiger partial charge is 0.453 e. The zero-order valence-electron chi connectivity index (χ0n) is 13.8. The standard InChI is InChI=1S/C22H14N2O2/c25-15-10-11-18-20(12-15)26-21-13-19(23-14-6-2-1-3-7-14)16-8-4-5-9-17(16)22(21)24-18/h1-13,23H. The first-order valence-corrected chi connectivity index (χ1v) is 8.36. The summed E-state index contributed by atoms with van der Waals surface area (Å²) in [7, 11) is 0. The first-order valence-electron chi connectivity index (χ1n) is 8.36. The van der Waals surface area contributed by atoms with E-state index in [-0.39, 0.29) is 5.43 Å². The summed E-state index contributed by atoms with van der Waals surface area (Å²) in [4.78, 5) is 16.4. The van der Waals surface area contributed by atoms with Gasteiger partial charge in [-0.1, -0.05) is 42.5 Å². The molecule has 0 spiro atoms. The van der Waals surface area contributed by atoms with Crippen LogP contribution in [0.1, 0.15) is 0 Å². The maximum absolute atomic E-state index is 11.6. The molecule has 1 heterocycles. The Kier molecular flexibility index (Phi) is 3.22.